The monoisotopic (exact) mass is 432 g/mol. The third-order valence-electron chi connectivity index (χ3n) is 4.66. The molecule has 4 rings (SSSR count). The van der Waals surface area contributed by atoms with Gasteiger partial charge in [-0.15, -0.1) is 0 Å². The highest BCUT2D eigenvalue weighted by atomic mass is 32.2. The zero-order chi connectivity index (χ0) is 21.8. The van der Waals surface area contributed by atoms with Crippen molar-refractivity contribution >= 4 is 21.6 Å². The average molecular weight is 433 g/mol. The molecule has 1 aromatic heterocycles. The Balaban J connectivity index is 1.68. The van der Waals surface area contributed by atoms with E-state index in [1.165, 1.54) is 18.2 Å². The molecule has 0 aliphatic carbocycles. The van der Waals surface area contributed by atoms with E-state index in [0.717, 1.165) is 11.1 Å². The molecule has 0 atom stereocenters. The fourth-order valence-electron chi connectivity index (χ4n) is 3.20. The summed E-state index contributed by atoms with van der Waals surface area (Å²) in [6.45, 7) is 0.509. The molecule has 7 nitrogen and oxygen atoms in total. The topological polar surface area (TPSA) is 107 Å². The molecule has 0 bridgehead atoms. The van der Waals surface area contributed by atoms with Crippen LogP contribution in [0.4, 0.5) is 5.69 Å². The van der Waals surface area contributed by atoms with Gasteiger partial charge in [0.15, 0.2) is 0 Å². The molecular formula is C23H20N4O3S. The largest absolute Gasteiger partial charge is 0.322 e. The van der Waals surface area contributed by atoms with E-state index in [0.29, 0.717) is 23.5 Å². The highest BCUT2D eigenvalue weighted by Crippen LogP contribution is 2.24. The van der Waals surface area contributed by atoms with E-state index in [-0.39, 0.29) is 4.90 Å². The number of rotatable bonds is 6. The van der Waals surface area contributed by atoms with Gasteiger partial charge < -0.3 is 5.32 Å². The first-order valence-corrected chi connectivity index (χ1v) is 11.1. The number of carbonyl (C=O) groups is 1. The maximum Gasteiger partial charge on any atom is 0.259 e. The fraction of sp³-hybridized carbons (Fsp3) is 0.0435. The number of aromatic nitrogens is 2. The smallest absolute Gasteiger partial charge is 0.259 e. The quantitative estimate of drug-likeness (QED) is 0.486. The summed E-state index contributed by atoms with van der Waals surface area (Å²) in [4.78, 5) is 13.0. The molecule has 1 amide bonds. The lowest BCUT2D eigenvalue weighted by Crippen LogP contribution is -2.15. The Morgan fingerprint density at radius 2 is 1.61 bits per heavy atom. The number of amides is 1. The van der Waals surface area contributed by atoms with Crippen LogP contribution in [0.1, 0.15) is 15.9 Å². The second-order valence-corrected chi connectivity index (χ2v) is 8.53. The maximum absolute atomic E-state index is 13.1. The molecular weight excluding hydrogens is 412 g/mol. The van der Waals surface area contributed by atoms with Crippen LogP contribution in [0.3, 0.4) is 0 Å². The number of primary sulfonamides is 1. The molecule has 0 fully saturated rings. The number of nitrogens with zero attached hydrogens (tertiary/aromatic N) is 2. The van der Waals surface area contributed by atoms with E-state index in [1.807, 2.05) is 60.7 Å². The molecule has 1 heterocycles. The second kappa shape index (κ2) is 8.55. The number of hydrogen-bond donors (Lipinski definition) is 2. The molecule has 4 aromatic rings. The first-order chi connectivity index (χ1) is 14.9. The molecule has 0 radical (unpaired) electrons. The van der Waals surface area contributed by atoms with Gasteiger partial charge >= 0.3 is 0 Å². The van der Waals surface area contributed by atoms with Crippen molar-refractivity contribution in [3.8, 4) is 11.3 Å². The molecule has 8 heteroatoms. The number of nitrogens with one attached hydrogen (secondary N) is 1. The Hall–Kier alpha value is -3.75. The van der Waals surface area contributed by atoms with Gasteiger partial charge in [-0.25, -0.2) is 13.6 Å². The second-order valence-electron chi connectivity index (χ2n) is 6.97. The first-order valence-electron chi connectivity index (χ1n) is 9.51. The molecule has 0 aliphatic heterocycles. The van der Waals surface area contributed by atoms with Crippen molar-refractivity contribution in [1.82, 2.24) is 9.78 Å². The summed E-state index contributed by atoms with van der Waals surface area (Å²) in [5.74, 6) is -0.398. The van der Waals surface area contributed by atoms with Crippen LogP contribution in [0.5, 0.6) is 0 Å². The minimum absolute atomic E-state index is 0.0756. The van der Waals surface area contributed by atoms with Gasteiger partial charge in [0, 0.05) is 17.4 Å². The zero-order valence-corrected chi connectivity index (χ0v) is 17.3. The number of anilines is 1. The summed E-state index contributed by atoms with van der Waals surface area (Å²) in [7, 11) is -3.88. The van der Waals surface area contributed by atoms with Crippen LogP contribution in [-0.2, 0) is 16.6 Å². The van der Waals surface area contributed by atoms with E-state index in [2.05, 4.69) is 10.4 Å². The van der Waals surface area contributed by atoms with Crippen molar-refractivity contribution in [3.63, 3.8) is 0 Å². The number of hydrogen-bond acceptors (Lipinski definition) is 4. The molecule has 0 aliphatic rings. The van der Waals surface area contributed by atoms with Crippen molar-refractivity contribution in [1.29, 1.82) is 0 Å². The predicted octanol–water partition coefficient (Wildman–Crippen LogP) is 3.50. The predicted molar refractivity (Wildman–Crippen MR) is 119 cm³/mol. The minimum Gasteiger partial charge on any atom is -0.322 e. The third kappa shape index (κ3) is 4.88. The average Bonchev–Trinajstić information content (AvgIpc) is 3.19. The fourth-order valence-corrected chi connectivity index (χ4v) is 3.76. The summed E-state index contributed by atoms with van der Waals surface area (Å²) in [6, 6.07) is 25.0. The molecule has 0 spiro atoms. The Morgan fingerprint density at radius 3 is 2.29 bits per heavy atom. The number of benzene rings is 3. The van der Waals surface area contributed by atoms with Crippen molar-refractivity contribution in [2.45, 2.75) is 11.4 Å². The van der Waals surface area contributed by atoms with Gasteiger partial charge in [0.05, 0.1) is 17.0 Å². The Kier molecular flexibility index (Phi) is 5.66. The SMILES string of the molecule is NS(=O)(=O)c1cccc(NC(=O)c2cn(Cc3ccccc3)nc2-c2ccccc2)c1. The van der Waals surface area contributed by atoms with Gasteiger partial charge in [0.2, 0.25) is 10.0 Å². The summed E-state index contributed by atoms with van der Waals surface area (Å²) < 4.78 is 24.9. The van der Waals surface area contributed by atoms with Gasteiger partial charge in [-0.1, -0.05) is 66.7 Å². The van der Waals surface area contributed by atoms with E-state index in [4.69, 9.17) is 5.14 Å². The standard InChI is InChI=1S/C23H20N4O3S/c24-31(29,30)20-13-7-12-19(14-20)25-23(28)21-16-27(15-17-8-3-1-4-9-17)26-22(21)18-10-5-2-6-11-18/h1-14,16H,15H2,(H,25,28)(H2,24,29,30). The van der Waals surface area contributed by atoms with E-state index < -0.39 is 15.9 Å². The van der Waals surface area contributed by atoms with Crippen molar-refractivity contribution in [3.05, 3.63) is 102 Å². The van der Waals surface area contributed by atoms with Crippen LogP contribution in [-0.4, -0.2) is 24.1 Å². The van der Waals surface area contributed by atoms with E-state index in [9.17, 15) is 13.2 Å². The lowest BCUT2D eigenvalue weighted by Gasteiger charge is -2.07. The number of carbonyl (C=O) groups excluding carboxylic acids is 1. The minimum atomic E-state index is -3.88. The van der Waals surface area contributed by atoms with Crippen molar-refractivity contribution < 1.29 is 13.2 Å². The molecule has 0 unspecified atom stereocenters. The maximum atomic E-state index is 13.1. The lowest BCUT2D eigenvalue weighted by molar-refractivity contribution is 0.102. The van der Waals surface area contributed by atoms with Crippen molar-refractivity contribution in [2.75, 3.05) is 5.32 Å². The molecule has 0 saturated carbocycles. The molecule has 3 aromatic carbocycles. The van der Waals surface area contributed by atoms with Gasteiger partial charge in [0.1, 0.15) is 5.69 Å². The van der Waals surface area contributed by atoms with Crippen LogP contribution in [0.2, 0.25) is 0 Å². The Labute approximate surface area is 180 Å². The zero-order valence-electron chi connectivity index (χ0n) is 16.5. The molecule has 31 heavy (non-hydrogen) atoms. The van der Waals surface area contributed by atoms with Crippen LogP contribution >= 0.6 is 0 Å². The normalized spacial score (nSPS) is 11.3. The highest BCUT2D eigenvalue weighted by Gasteiger charge is 2.19. The molecule has 3 N–H and O–H groups in total. The Morgan fingerprint density at radius 1 is 0.935 bits per heavy atom. The van der Waals surface area contributed by atoms with E-state index in [1.54, 1.807) is 16.9 Å². The lowest BCUT2D eigenvalue weighted by atomic mass is 10.1. The number of sulfonamides is 1. The summed E-state index contributed by atoms with van der Waals surface area (Å²) >= 11 is 0. The summed E-state index contributed by atoms with van der Waals surface area (Å²) in [6.07, 6.45) is 1.69. The first kappa shape index (κ1) is 20.5. The van der Waals surface area contributed by atoms with Gasteiger partial charge in [-0.3, -0.25) is 9.48 Å². The highest BCUT2D eigenvalue weighted by molar-refractivity contribution is 7.89. The van der Waals surface area contributed by atoms with Crippen LogP contribution < -0.4 is 10.5 Å². The van der Waals surface area contributed by atoms with Crippen LogP contribution in [0.15, 0.2) is 96.0 Å². The van der Waals surface area contributed by atoms with Crippen LogP contribution in [0, 0.1) is 0 Å². The number of nitrogens with two attached hydrogens (primary N) is 1. The van der Waals surface area contributed by atoms with Gasteiger partial charge in [0.25, 0.3) is 5.91 Å². The third-order valence-corrected chi connectivity index (χ3v) is 5.57. The summed E-state index contributed by atoms with van der Waals surface area (Å²) in [5, 5.41) is 12.6. The Bertz CT molecular complexity index is 1320. The molecule has 0 saturated heterocycles. The summed E-state index contributed by atoms with van der Waals surface area (Å²) in [5.41, 5.74) is 3.10. The van der Waals surface area contributed by atoms with Gasteiger partial charge in [-0.05, 0) is 23.8 Å². The van der Waals surface area contributed by atoms with Crippen molar-refractivity contribution in [2.24, 2.45) is 5.14 Å². The van der Waals surface area contributed by atoms with E-state index >= 15 is 0 Å². The van der Waals surface area contributed by atoms with Gasteiger partial charge in [-0.2, -0.15) is 5.10 Å². The molecule has 156 valence electrons. The van der Waals surface area contributed by atoms with Crippen LogP contribution in [0.25, 0.3) is 11.3 Å².